The first-order valence-corrected chi connectivity index (χ1v) is 22.8. The van der Waals surface area contributed by atoms with Crippen molar-refractivity contribution in [3.63, 3.8) is 0 Å². The number of fused-ring (bicyclic) bond motifs is 2. The third kappa shape index (κ3) is 9.48. The number of sulfonamides is 1. The fourth-order valence-corrected chi connectivity index (χ4v) is 10.4. The van der Waals surface area contributed by atoms with Crippen molar-refractivity contribution in [1.82, 2.24) is 24.6 Å². The smallest absolute Gasteiger partial charge is 0.284 e. The SMILES string of the molecule is O=C(NS(=O)(=O)c1ccc(N[C@H](CCN2CCOCC2)CSc2ccccc2)c(F)c1)c1csc(N2CCc3cccc(C(=O)Nc4nc5cccnc5s4)c3C2)n1. The highest BCUT2D eigenvalue weighted by Crippen LogP contribution is 2.31. The molecule has 8 rings (SSSR count). The summed E-state index contributed by atoms with van der Waals surface area (Å²) in [6.45, 7) is 4.78. The van der Waals surface area contributed by atoms with Crippen LogP contribution in [-0.2, 0) is 27.7 Å². The van der Waals surface area contributed by atoms with E-state index >= 15 is 4.39 Å². The van der Waals surface area contributed by atoms with Crippen LogP contribution in [0, 0.1) is 5.82 Å². The lowest BCUT2D eigenvalue weighted by atomic mass is 9.94. The molecule has 6 aromatic rings. The van der Waals surface area contributed by atoms with Crippen LogP contribution in [0.1, 0.15) is 38.4 Å². The average molecular weight is 859 g/mol. The number of nitrogens with one attached hydrogen (secondary N) is 3. The lowest BCUT2D eigenvalue weighted by Crippen LogP contribution is -2.39. The van der Waals surface area contributed by atoms with E-state index in [4.69, 9.17) is 4.74 Å². The van der Waals surface area contributed by atoms with Gasteiger partial charge < -0.3 is 15.0 Å². The molecule has 5 heterocycles. The number of amides is 2. The maximum absolute atomic E-state index is 15.6. The van der Waals surface area contributed by atoms with Crippen molar-refractivity contribution in [2.75, 3.05) is 60.7 Å². The van der Waals surface area contributed by atoms with Crippen LogP contribution in [0.15, 0.2) is 100 Å². The van der Waals surface area contributed by atoms with Crippen molar-refractivity contribution in [3.05, 3.63) is 119 Å². The van der Waals surface area contributed by atoms with Crippen LogP contribution in [0.4, 0.5) is 20.3 Å². The molecule has 3 aromatic heterocycles. The van der Waals surface area contributed by atoms with Crippen molar-refractivity contribution >= 4 is 82.6 Å². The molecule has 1 saturated heterocycles. The minimum atomic E-state index is -4.44. The number of thioether (sulfide) groups is 1. The molecule has 3 aromatic carbocycles. The molecule has 3 N–H and O–H groups in total. The molecule has 2 aliphatic rings. The van der Waals surface area contributed by atoms with Crippen LogP contribution >= 0.6 is 34.4 Å². The summed E-state index contributed by atoms with van der Waals surface area (Å²) in [4.78, 5) is 45.6. The zero-order valence-electron chi connectivity index (χ0n) is 31.1. The minimum absolute atomic E-state index is 0.0948. The zero-order valence-corrected chi connectivity index (χ0v) is 34.4. The Morgan fingerprint density at radius 2 is 1.81 bits per heavy atom. The molecule has 0 bridgehead atoms. The third-order valence-corrected chi connectivity index (χ3v) is 14.1. The topological polar surface area (TPSA) is 159 Å². The number of hydrogen-bond acceptors (Lipinski definition) is 14. The third-order valence-electron chi connectivity index (χ3n) is 9.83. The maximum atomic E-state index is 15.6. The average Bonchev–Trinajstić information content (AvgIpc) is 3.90. The van der Waals surface area contributed by atoms with Crippen LogP contribution in [0.25, 0.3) is 10.3 Å². The van der Waals surface area contributed by atoms with Crippen LogP contribution in [0.5, 0.6) is 0 Å². The second-order valence-electron chi connectivity index (χ2n) is 13.7. The van der Waals surface area contributed by atoms with E-state index in [-0.39, 0.29) is 28.2 Å². The second kappa shape index (κ2) is 17.9. The van der Waals surface area contributed by atoms with Gasteiger partial charge in [0.25, 0.3) is 21.8 Å². The van der Waals surface area contributed by atoms with Gasteiger partial charge in [0, 0.05) is 66.6 Å². The standard InChI is InChI=1S/C40H39FN8O5S4/c41-32-22-29(11-12-33(32)43-27(14-16-48-18-20-54-21-19-48)24-55-28-7-2-1-3-8-28)58(52,53)47-37(51)35-25-56-40(45-35)49-17-13-26-6-4-9-30(31(26)23-49)36(50)46-39-44-34-10-5-15-42-38(34)57-39/h1-12,15,22,25,27,43H,13-14,16-21,23-24H2,(H,47,51)(H,44,46,50)/t27-/m1/s1. The van der Waals surface area contributed by atoms with Crippen molar-refractivity contribution in [2.24, 2.45) is 0 Å². The highest BCUT2D eigenvalue weighted by molar-refractivity contribution is 7.99. The lowest BCUT2D eigenvalue weighted by Gasteiger charge is -2.29. The van der Waals surface area contributed by atoms with Gasteiger partial charge in [-0.25, -0.2) is 32.5 Å². The molecule has 58 heavy (non-hydrogen) atoms. The van der Waals surface area contributed by atoms with Gasteiger partial charge in [-0.3, -0.25) is 19.8 Å². The quantitative estimate of drug-likeness (QED) is 0.102. The Kier molecular flexibility index (Phi) is 12.3. The molecule has 18 heteroatoms. The molecule has 1 atom stereocenters. The van der Waals surface area contributed by atoms with Gasteiger partial charge >= 0.3 is 0 Å². The molecular formula is C40H39FN8O5S4. The number of rotatable bonds is 14. The highest BCUT2D eigenvalue weighted by atomic mass is 32.2. The Morgan fingerprint density at radius 3 is 2.62 bits per heavy atom. The summed E-state index contributed by atoms with van der Waals surface area (Å²) in [6.07, 6.45) is 3.05. The summed E-state index contributed by atoms with van der Waals surface area (Å²) in [5.41, 5.74) is 3.13. The summed E-state index contributed by atoms with van der Waals surface area (Å²) in [7, 11) is -4.44. The monoisotopic (exact) mass is 858 g/mol. The van der Waals surface area contributed by atoms with Crippen molar-refractivity contribution in [2.45, 2.75) is 35.2 Å². The summed E-state index contributed by atoms with van der Waals surface area (Å²) in [6, 6.07) is 22.7. The van der Waals surface area contributed by atoms with Crippen molar-refractivity contribution in [3.8, 4) is 0 Å². The first kappa shape index (κ1) is 39.8. The Balaban J connectivity index is 0.906. The van der Waals surface area contributed by atoms with E-state index in [0.717, 1.165) is 53.0 Å². The fourth-order valence-electron chi connectivity index (χ4n) is 6.77. The summed E-state index contributed by atoms with van der Waals surface area (Å²) < 4.78 is 49.8. The van der Waals surface area contributed by atoms with Gasteiger partial charge in [0.15, 0.2) is 10.3 Å². The van der Waals surface area contributed by atoms with Gasteiger partial charge in [0.2, 0.25) is 0 Å². The predicted molar refractivity (Wildman–Crippen MR) is 226 cm³/mol. The van der Waals surface area contributed by atoms with E-state index in [2.05, 4.69) is 35.2 Å². The van der Waals surface area contributed by atoms with E-state index in [9.17, 15) is 18.0 Å². The van der Waals surface area contributed by atoms with Gasteiger partial charge in [-0.15, -0.1) is 23.1 Å². The second-order valence-corrected chi connectivity index (χ2v) is 18.3. The van der Waals surface area contributed by atoms with Gasteiger partial charge in [0.05, 0.1) is 23.8 Å². The number of ether oxygens (including phenoxy) is 1. The molecule has 0 unspecified atom stereocenters. The van der Waals surface area contributed by atoms with Gasteiger partial charge in [-0.2, -0.15) is 0 Å². The van der Waals surface area contributed by atoms with Crippen LogP contribution in [0.2, 0.25) is 0 Å². The zero-order chi connectivity index (χ0) is 40.1. The number of benzene rings is 3. The Hall–Kier alpha value is -4.98. The maximum Gasteiger partial charge on any atom is 0.284 e. The number of carbonyl (C=O) groups excluding carboxylic acids is 2. The Labute approximate surface area is 347 Å². The van der Waals surface area contributed by atoms with E-state index in [1.54, 1.807) is 30.1 Å². The Bertz CT molecular complexity index is 2500. The molecular weight excluding hydrogens is 820 g/mol. The van der Waals surface area contributed by atoms with Crippen LogP contribution < -0.4 is 20.3 Å². The summed E-state index contributed by atoms with van der Waals surface area (Å²) in [5.74, 6) is -1.31. The van der Waals surface area contributed by atoms with Gasteiger partial charge in [-0.1, -0.05) is 41.7 Å². The largest absolute Gasteiger partial charge is 0.379 e. The number of thiazole rings is 2. The number of halogens is 1. The van der Waals surface area contributed by atoms with Gasteiger partial charge in [-0.05, 0) is 72.5 Å². The normalized spacial score (nSPS) is 15.2. The first-order valence-electron chi connectivity index (χ1n) is 18.6. The van der Waals surface area contributed by atoms with Crippen LogP contribution in [0.3, 0.4) is 0 Å². The fraction of sp³-hybridized carbons (Fsp3) is 0.275. The summed E-state index contributed by atoms with van der Waals surface area (Å²) in [5, 5.41) is 8.62. The summed E-state index contributed by atoms with van der Waals surface area (Å²) >= 11 is 4.15. The lowest BCUT2D eigenvalue weighted by molar-refractivity contribution is 0.0370. The predicted octanol–water partition coefficient (Wildman–Crippen LogP) is 6.52. The van der Waals surface area contributed by atoms with E-state index < -0.39 is 21.7 Å². The molecule has 1 fully saturated rings. The molecule has 0 radical (unpaired) electrons. The van der Waals surface area contributed by atoms with Crippen LogP contribution in [-0.4, -0.2) is 91.3 Å². The van der Waals surface area contributed by atoms with Crippen molar-refractivity contribution in [1.29, 1.82) is 0 Å². The Morgan fingerprint density at radius 1 is 0.966 bits per heavy atom. The number of aromatic nitrogens is 3. The van der Waals surface area contributed by atoms with E-state index in [1.807, 2.05) is 53.4 Å². The molecule has 2 aliphatic heterocycles. The number of nitrogens with zero attached hydrogens (tertiary/aromatic N) is 5. The minimum Gasteiger partial charge on any atom is -0.379 e. The molecule has 13 nitrogen and oxygen atoms in total. The molecule has 0 saturated carbocycles. The van der Waals surface area contributed by atoms with Crippen molar-refractivity contribution < 1.29 is 27.1 Å². The first-order chi connectivity index (χ1) is 28.2. The number of hydrogen-bond donors (Lipinski definition) is 3. The number of morpholine rings is 1. The highest BCUT2D eigenvalue weighted by Gasteiger charge is 2.27. The molecule has 300 valence electrons. The number of carbonyl (C=O) groups is 2. The molecule has 2 amide bonds. The van der Waals surface area contributed by atoms with E-state index in [0.29, 0.717) is 59.8 Å². The van der Waals surface area contributed by atoms with Gasteiger partial charge in [0.1, 0.15) is 21.9 Å². The number of pyridine rings is 1. The number of anilines is 3. The molecule has 0 aliphatic carbocycles. The van der Waals surface area contributed by atoms with E-state index in [1.165, 1.54) is 40.2 Å². The molecule has 0 spiro atoms.